The molecule has 0 aromatic heterocycles. The van der Waals surface area contributed by atoms with Crippen molar-refractivity contribution in [3.8, 4) is 0 Å². The molecule has 0 saturated carbocycles. The highest BCUT2D eigenvalue weighted by Crippen LogP contribution is 2.37. The highest BCUT2D eigenvalue weighted by molar-refractivity contribution is 5.70. The minimum atomic E-state index is -0.910. The second-order valence-corrected chi connectivity index (χ2v) is 8.03. The fraction of sp³-hybridized carbons (Fsp3) is 0.550. The molecule has 1 aromatic rings. The average molecular weight is 367 g/mol. The SMILES string of the molecule is C=CC[C@H]1OC(C)(C)N(C(=O)OC(C)(C)C)[C@H]1Cc1cc(F)cc(F)c1. The van der Waals surface area contributed by atoms with E-state index in [1.54, 1.807) is 40.7 Å². The number of ether oxygens (including phenoxy) is 2. The predicted octanol–water partition coefficient (Wildman–Crippen LogP) is 4.82. The van der Waals surface area contributed by atoms with Gasteiger partial charge in [0, 0.05) is 6.07 Å². The maximum absolute atomic E-state index is 13.6. The van der Waals surface area contributed by atoms with Gasteiger partial charge < -0.3 is 9.47 Å². The molecule has 0 unspecified atom stereocenters. The van der Waals surface area contributed by atoms with Gasteiger partial charge in [0.15, 0.2) is 0 Å². The Kier molecular flexibility index (Phi) is 5.76. The van der Waals surface area contributed by atoms with Crippen LogP contribution in [0.5, 0.6) is 0 Å². The Morgan fingerprint density at radius 3 is 2.38 bits per heavy atom. The van der Waals surface area contributed by atoms with Crippen LogP contribution in [-0.4, -0.2) is 34.5 Å². The lowest BCUT2D eigenvalue weighted by Gasteiger charge is -2.35. The lowest BCUT2D eigenvalue weighted by Crippen LogP contribution is -2.51. The molecule has 0 N–H and O–H groups in total. The van der Waals surface area contributed by atoms with E-state index < -0.39 is 35.1 Å². The predicted molar refractivity (Wildman–Crippen MR) is 95.7 cm³/mol. The molecule has 0 radical (unpaired) electrons. The van der Waals surface area contributed by atoms with Gasteiger partial charge in [-0.1, -0.05) is 6.08 Å². The summed E-state index contributed by atoms with van der Waals surface area (Å²) in [4.78, 5) is 14.3. The lowest BCUT2D eigenvalue weighted by atomic mass is 9.98. The van der Waals surface area contributed by atoms with Crippen molar-refractivity contribution in [2.75, 3.05) is 0 Å². The summed E-state index contributed by atoms with van der Waals surface area (Å²) in [6.07, 6.45) is 1.59. The van der Waals surface area contributed by atoms with Gasteiger partial charge in [-0.15, -0.1) is 6.58 Å². The number of amides is 1. The highest BCUT2D eigenvalue weighted by atomic mass is 19.1. The third-order valence-corrected chi connectivity index (χ3v) is 4.14. The summed E-state index contributed by atoms with van der Waals surface area (Å²) in [5, 5.41) is 0. The molecule has 0 aliphatic carbocycles. The Morgan fingerprint density at radius 1 is 1.31 bits per heavy atom. The standard InChI is InChI=1S/C20H27F2NO3/c1-7-8-17-16(11-13-9-14(21)12-15(22)10-13)23(20(5,6)25-17)18(24)26-19(2,3)4/h7,9-10,12,16-17H,1,8,11H2,2-6H3/t16-,17+/m0/s1. The number of halogens is 2. The van der Waals surface area contributed by atoms with E-state index in [4.69, 9.17) is 9.47 Å². The van der Waals surface area contributed by atoms with Crippen LogP contribution in [0.3, 0.4) is 0 Å². The van der Waals surface area contributed by atoms with Crippen LogP contribution in [0.4, 0.5) is 13.6 Å². The Balaban J connectivity index is 2.37. The van der Waals surface area contributed by atoms with Gasteiger partial charge in [0.2, 0.25) is 0 Å². The second kappa shape index (κ2) is 7.35. The summed E-state index contributed by atoms with van der Waals surface area (Å²) in [7, 11) is 0. The monoisotopic (exact) mass is 367 g/mol. The molecule has 1 aliphatic rings. The smallest absolute Gasteiger partial charge is 0.412 e. The topological polar surface area (TPSA) is 38.8 Å². The summed E-state index contributed by atoms with van der Waals surface area (Å²) in [6, 6.07) is 2.93. The zero-order valence-corrected chi connectivity index (χ0v) is 16.0. The number of hydrogen-bond donors (Lipinski definition) is 0. The van der Waals surface area contributed by atoms with Crippen LogP contribution < -0.4 is 0 Å². The van der Waals surface area contributed by atoms with Crippen LogP contribution in [-0.2, 0) is 15.9 Å². The van der Waals surface area contributed by atoms with Gasteiger partial charge in [-0.2, -0.15) is 0 Å². The minimum Gasteiger partial charge on any atom is -0.444 e. The first-order chi connectivity index (χ1) is 11.9. The molecular weight excluding hydrogens is 340 g/mol. The van der Waals surface area contributed by atoms with Crippen molar-refractivity contribution in [2.24, 2.45) is 0 Å². The summed E-state index contributed by atoms with van der Waals surface area (Å²) >= 11 is 0. The van der Waals surface area contributed by atoms with Gasteiger partial charge in [0.25, 0.3) is 0 Å². The number of carbonyl (C=O) groups excluding carboxylic acids is 1. The van der Waals surface area contributed by atoms with Gasteiger partial charge in [-0.25, -0.2) is 13.6 Å². The molecule has 1 fully saturated rings. The summed E-state index contributed by atoms with van der Waals surface area (Å²) in [6.45, 7) is 12.6. The zero-order valence-electron chi connectivity index (χ0n) is 16.0. The van der Waals surface area contributed by atoms with E-state index in [9.17, 15) is 13.6 Å². The van der Waals surface area contributed by atoms with Gasteiger partial charge in [-0.3, -0.25) is 4.90 Å². The Hall–Kier alpha value is -1.95. The lowest BCUT2D eigenvalue weighted by molar-refractivity contribution is -0.0780. The largest absolute Gasteiger partial charge is 0.444 e. The molecule has 2 atom stereocenters. The first-order valence-corrected chi connectivity index (χ1v) is 8.69. The van der Waals surface area contributed by atoms with E-state index >= 15 is 0 Å². The highest BCUT2D eigenvalue weighted by Gasteiger charge is 2.50. The zero-order chi connectivity index (χ0) is 19.7. The molecule has 1 aromatic carbocycles. The molecule has 4 nitrogen and oxygen atoms in total. The maximum Gasteiger partial charge on any atom is 0.412 e. The van der Waals surface area contributed by atoms with Gasteiger partial charge in [-0.05, 0) is 65.2 Å². The molecule has 144 valence electrons. The third-order valence-electron chi connectivity index (χ3n) is 4.14. The second-order valence-electron chi connectivity index (χ2n) is 8.03. The van der Waals surface area contributed by atoms with Gasteiger partial charge in [0.05, 0.1) is 12.1 Å². The van der Waals surface area contributed by atoms with E-state index in [0.717, 1.165) is 6.07 Å². The normalized spacial score (nSPS) is 22.3. The van der Waals surface area contributed by atoms with Crippen LogP contribution in [0.25, 0.3) is 0 Å². The van der Waals surface area contributed by atoms with Crippen LogP contribution in [0, 0.1) is 11.6 Å². The molecule has 26 heavy (non-hydrogen) atoms. The summed E-state index contributed by atoms with van der Waals surface area (Å²) in [5.74, 6) is -1.30. The molecular formula is C20H27F2NO3. The fourth-order valence-corrected chi connectivity index (χ4v) is 3.30. The quantitative estimate of drug-likeness (QED) is 0.716. The van der Waals surface area contributed by atoms with Crippen molar-refractivity contribution in [2.45, 2.75) is 70.9 Å². The Bertz CT molecular complexity index is 662. The molecule has 1 aliphatic heterocycles. The number of carbonyl (C=O) groups is 1. The number of rotatable bonds is 4. The average Bonchev–Trinajstić information content (AvgIpc) is 2.66. The first-order valence-electron chi connectivity index (χ1n) is 8.69. The van der Waals surface area contributed by atoms with Crippen LogP contribution in [0.2, 0.25) is 0 Å². The van der Waals surface area contributed by atoms with Crippen molar-refractivity contribution >= 4 is 6.09 Å². The summed E-state index contributed by atoms with van der Waals surface area (Å²) in [5.41, 5.74) is -1.12. The summed E-state index contributed by atoms with van der Waals surface area (Å²) < 4.78 is 38.8. The van der Waals surface area contributed by atoms with Crippen LogP contribution in [0.15, 0.2) is 30.9 Å². The van der Waals surface area contributed by atoms with Crippen LogP contribution >= 0.6 is 0 Å². The maximum atomic E-state index is 13.6. The fourth-order valence-electron chi connectivity index (χ4n) is 3.30. The number of nitrogens with zero attached hydrogens (tertiary/aromatic N) is 1. The van der Waals surface area contributed by atoms with Crippen molar-refractivity contribution in [3.05, 3.63) is 48.1 Å². The molecule has 0 spiro atoms. The molecule has 1 amide bonds. The van der Waals surface area contributed by atoms with Crippen LogP contribution in [0.1, 0.15) is 46.6 Å². The first kappa shape index (κ1) is 20.4. The van der Waals surface area contributed by atoms with E-state index in [2.05, 4.69) is 6.58 Å². The van der Waals surface area contributed by atoms with E-state index in [0.29, 0.717) is 12.0 Å². The van der Waals surface area contributed by atoms with E-state index in [-0.39, 0.29) is 12.5 Å². The number of hydrogen-bond acceptors (Lipinski definition) is 3. The van der Waals surface area contributed by atoms with E-state index in [1.807, 2.05) is 0 Å². The van der Waals surface area contributed by atoms with Crippen molar-refractivity contribution < 1.29 is 23.0 Å². The minimum absolute atomic E-state index is 0.246. The van der Waals surface area contributed by atoms with Crippen molar-refractivity contribution in [3.63, 3.8) is 0 Å². The van der Waals surface area contributed by atoms with E-state index in [1.165, 1.54) is 17.0 Å². The molecule has 1 heterocycles. The Morgan fingerprint density at radius 2 is 1.88 bits per heavy atom. The van der Waals surface area contributed by atoms with Gasteiger partial charge in [0.1, 0.15) is 23.0 Å². The molecule has 1 saturated heterocycles. The third kappa shape index (κ3) is 4.81. The number of benzene rings is 1. The molecule has 6 heteroatoms. The van der Waals surface area contributed by atoms with Crippen molar-refractivity contribution in [1.29, 1.82) is 0 Å². The molecule has 2 rings (SSSR count). The molecule has 0 bridgehead atoms. The van der Waals surface area contributed by atoms with Crippen molar-refractivity contribution in [1.82, 2.24) is 4.90 Å². The van der Waals surface area contributed by atoms with Gasteiger partial charge >= 0.3 is 6.09 Å². The Labute approximate surface area is 153 Å².